The smallest absolute Gasteiger partial charge is 0.270 e. The SMILES string of the molecule is COc1cccc(-c2nc(SCc3cccc(NCc4ccccc4N4CCOCC4)c3)[nH]c(=O)c2C#N)c1. The average molecular weight is 540 g/mol. The molecular weight excluding hydrogens is 510 g/mol. The lowest BCUT2D eigenvalue weighted by molar-refractivity contribution is 0.122. The van der Waals surface area contributed by atoms with Crippen LogP contribution in [0.25, 0.3) is 11.3 Å². The molecule has 0 spiro atoms. The van der Waals surface area contributed by atoms with E-state index in [9.17, 15) is 10.1 Å². The molecule has 1 fully saturated rings. The Hall–Kier alpha value is -4.26. The highest BCUT2D eigenvalue weighted by Gasteiger charge is 2.16. The summed E-state index contributed by atoms with van der Waals surface area (Å²) in [6.45, 7) is 4.01. The maximum atomic E-state index is 12.7. The van der Waals surface area contributed by atoms with Gasteiger partial charge in [-0.3, -0.25) is 4.79 Å². The number of nitriles is 1. The van der Waals surface area contributed by atoms with Gasteiger partial charge in [0.05, 0.1) is 26.0 Å². The number of hydrogen-bond acceptors (Lipinski definition) is 8. The molecule has 198 valence electrons. The van der Waals surface area contributed by atoms with Gasteiger partial charge in [0, 0.05) is 42.3 Å². The molecule has 0 bridgehead atoms. The van der Waals surface area contributed by atoms with Crippen molar-refractivity contribution in [1.29, 1.82) is 5.26 Å². The fourth-order valence-corrected chi connectivity index (χ4v) is 5.30. The number of H-pyrrole nitrogens is 1. The fraction of sp³-hybridized carbons (Fsp3) is 0.233. The zero-order chi connectivity index (χ0) is 27.0. The third-order valence-electron chi connectivity index (χ3n) is 6.48. The van der Waals surface area contributed by atoms with Crippen LogP contribution in [0.15, 0.2) is 82.7 Å². The van der Waals surface area contributed by atoms with Crippen LogP contribution in [0.1, 0.15) is 16.7 Å². The Morgan fingerprint density at radius 3 is 2.74 bits per heavy atom. The van der Waals surface area contributed by atoms with Crippen molar-refractivity contribution in [2.75, 3.05) is 43.6 Å². The van der Waals surface area contributed by atoms with Gasteiger partial charge in [-0.05, 0) is 41.5 Å². The van der Waals surface area contributed by atoms with E-state index in [1.807, 2.05) is 36.4 Å². The normalized spacial score (nSPS) is 13.1. The van der Waals surface area contributed by atoms with Crippen LogP contribution in [0, 0.1) is 11.3 Å². The number of ether oxygens (including phenoxy) is 2. The van der Waals surface area contributed by atoms with Crippen molar-refractivity contribution in [2.45, 2.75) is 17.5 Å². The molecule has 0 unspecified atom stereocenters. The number of rotatable bonds is 9. The zero-order valence-electron chi connectivity index (χ0n) is 21.6. The molecule has 3 aromatic carbocycles. The van der Waals surface area contributed by atoms with Gasteiger partial charge in [-0.25, -0.2) is 4.98 Å². The van der Waals surface area contributed by atoms with Crippen molar-refractivity contribution in [3.63, 3.8) is 0 Å². The minimum atomic E-state index is -0.456. The number of nitrogens with zero attached hydrogens (tertiary/aromatic N) is 3. The van der Waals surface area contributed by atoms with Gasteiger partial charge >= 0.3 is 0 Å². The highest BCUT2D eigenvalue weighted by Crippen LogP contribution is 2.28. The van der Waals surface area contributed by atoms with Gasteiger partial charge in [0.25, 0.3) is 5.56 Å². The van der Waals surface area contributed by atoms with Crippen LogP contribution in [0.5, 0.6) is 5.75 Å². The molecule has 1 saturated heterocycles. The van der Waals surface area contributed by atoms with Crippen LogP contribution >= 0.6 is 11.8 Å². The Kier molecular flexibility index (Phi) is 8.46. The predicted octanol–water partition coefficient (Wildman–Crippen LogP) is 5.06. The molecule has 4 aromatic rings. The van der Waals surface area contributed by atoms with Crippen molar-refractivity contribution in [3.8, 4) is 23.1 Å². The summed E-state index contributed by atoms with van der Waals surface area (Å²) in [6.07, 6.45) is 0. The van der Waals surface area contributed by atoms with Gasteiger partial charge in [0.15, 0.2) is 5.16 Å². The number of benzene rings is 3. The van der Waals surface area contributed by atoms with Crippen LogP contribution in [-0.2, 0) is 17.0 Å². The minimum Gasteiger partial charge on any atom is -0.497 e. The monoisotopic (exact) mass is 539 g/mol. The van der Waals surface area contributed by atoms with Crippen LogP contribution in [0.2, 0.25) is 0 Å². The molecule has 1 aliphatic rings. The summed E-state index contributed by atoms with van der Waals surface area (Å²) >= 11 is 1.42. The molecule has 0 aliphatic carbocycles. The molecule has 0 atom stereocenters. The first-order valence-corrected chi connectivity index (χ1v) is 13.7. The van der Waals surface area contributed by atoms with Gasteiger partial charge in [-0.1, -0.05) is 54.2 Å². The summed E-state index contributed by atoms with van der Waals surface area (Å²) in [5, 5.41) is 13.6. The molecule has 5 rings (SSSR count). The van der Waals surface area contributed by atoms with Crippen molar-refractivity contribution >= 4 is 23.1 Å². The summed E-state index contributed by atoms with van der Waals surface area (Å²) in [5.41, 5.74) is 5.11. The third-order valence-corrected chi connectivity index (χ3v) is 7.43. The molecule has 0 saturated carbocycles. The first kappa shape index (κ1) is 26.4. The van der Waals surface area contributed by atoms with Crippen molar-refractivity contribution in [2.24, 2.45) is 0 Å². The number of nitrogens with one attached hydrogen (secondary N) is 2. The van der Waals surface area contributed by atoms with E-state index in [-0.39, 0.29) is 5.56 Å². The Balaban J connectivity index is 1.29. The molecule has 2 heterocycles. The highest BCUT2D eigenvalue weighted by molar-refractivity contribution is 7.98. The van der Waals surface area contributed by atoms with E-state index < -0.39 is 5.56 Å². The number of para-hydroxylation sites is 1. The van der Waals surface area contributed by atoms with Gasteiger partial charge in [-0.2, -0.15) is 5.26 Å². The fourth-order valence-electron chi connectivity index (χ4n) is 4.50. The number of anilines is 2. The molecule has 9 heteroatoms. The van der Waals surface area contributed by atoms with Gasteiger partial charge in [-0.15, -0.1) is 0 Å². The number of hydrogen-bond donors (Lipinski definition) is 2. The van der Waals surface area contributed by atoms with Crippen LogP contribution in [-0.4, -0.2) is 43.4 Å². The lowest BCUT2D eigenvalue weighted by Crippen LogP contribution is -2.36. The molecular formula is C30H29N5O3S. The maximum absolute atomic E-state index is 12.7. The van der Waals surface area contributed by atoms with Crippen LogP contribution in [0.3, 0.4) is 0 Å². The molecule has 0 amide bonds. The van der Waals surface area contributed by atoms with Gasteiger partial charge < -0.3 is 24.7 Å². The second kappa shape index (κ2) is 12.5. The number of methoxy groups -OCH3 is 1. The van der Waals surface area contributed by atoms with Crippen molar-refractivity contribution in [3.05, 3.63) is 99.8 Å². The molecule has 0 radical (unpaired) electrons. The maximum Gasteiger partial charge on any atom is 0.270 e. The van der Waals surface area contributed by atoms with Gasteiger partial charge in [0.1, 0.15) is 17.4 Å². The van der Waals surface area contributed by atoms with E-state index in [1.54, 1.807) is 19.2 Å². The van der Waals surface area contributed by atoms with E-state index >= 15 is 0 Å². The molecule has 1 aliphatic heterocycles. The second-order valence-electron chi connectivity index (χ2n) is 9.01. The summed E-state index contributed by atoms with van der Waals surface area (Å²) in [4.78, 5) is 22.4. The molecule has 1 aromatic heterocycles. The Morgan fingerprint density at radius 1 is 1.10 bits per heavy atom. The lowest BCUT2D eigenvalue weighted by Gasteiger charge is -2.30. The van der Waals surface area contributed by atoms with E-state index in [0.717, 1.165) is 37.6 Å². The largest absolute Gasteiger partial charge is 0.497 e. The van der Waals surface area contributed by atoms with E-state index in [1.165, 1.54) is 23.0 Å². The summed E-state index contributed by atoms with van der Waals surface area (Å²) in [6, 6.07) is 25.9. The van der Waals surface area contributed by atoms with E-state index in [2.05, 4.69) is 50.5 Å². The zero-order valence-corrected chi connectivity index (χ0v) is 22.5. The summed E-state index contributed by atoms with van der Waals surface area (Å²) in [7, 11) is 1.57. The first-order chi connectivity index (χ1) is 19.1. The van der Waals surface area contributed by atoms with Crippen molar-refractivity contribution < 1.29 is 9.47 Å². The van der Waals surface area contributed by atoms with E-state index in [0.29, 0.717) is 34.5 Å². The van der Waals surface area contributed by atoms with Gasteiger partial charge in [0.2, 0.25) is 0 Å². The third kappa shape index (κ3) is 6.42. The van der Waals surface area contributed by atoms with Crippen molar-refractivity contribution in [1.82, 2.24) is 9.97 Å². The lowest BCUT2D eigenvalue weighted by atomic mass is 10.1. The number of thioether (sulfide) groups is 1. The Morgan fingerprint density at radius 2 is 1.92 bits per heavy atom. The predicted molar refractivity (Wildman–Crippen MR) is 154 cm³/mol. The minimum absolute atomic E-state index is 0.0174. The van der Waals surface area contributed by atoms with Crippen LogP contribution < -0.4 is 20.5 Å². The molecule has 8 nitrogen and oxygen atoms in total. The Labute approximate surface area is 231 Å². The topological polar surface area (TPSA) is 103 Å². The summed E-state index contributed by atoms with van der Waals surface area (Å²) < 4.78 is 10.8. The standard InChI is InChI=1S/C30H29N5O3S/c1-37-25-10-5-8-22(17-25)28-26(18-31)29(36)34-30(33-28)39-20-21-6-4-9-24(16-21)32-19-23-7-2-3-11-27(23)35-12-14-38-15-13-35/h2-11,16-17,32H,12-15,19-20H2,1H3,(H,33,34,36). The quantitative estimate of drug-likeness (QED) is 0.225. The second-order valence-corrected chi connectivity index (χ2v) is 9.97. The summed E-state index contributed by atoms with van der Waals surface area (Å²) in [5.74, 6) is 1.23. The number of aromatic amines is 1. The molecule has 2 N–H and O–H groups in total. The van der Waals surface area contributed by atoms with Crippen LogP contribution in [0.4, 0.5) is 11.4 Å². The van der Waals surface area contributed by atoms with E-state index in [4.69, 9.17) is 9.47 Å². The number of aromatic nitrogens is 2. The molecule has 39 heavy (non-hydrogen) atoms. The Bertz CT molecular complexity index is 1540. The average Bonchev–Trinajstić information content (AvgIpc) is 2.99. The number of morpholine rings is 1. The highest BCUT2D eigenvalue weighted by atomic mass is 32.2. The first-order valence-electron chi connectivity index (χ1n) is 12.7.